The second-order valence-corrected chi connectivity index (χ2v) is 7.80. The fourth-order valence-corrected chi connectivity index (χ4v) is 4.57. The smallest absolute Gasteiger partial charge is 0.136 e. The van der Waals surface area contributed by atoms with Crippen molar-refractivity contribution >= 4 is 11.3 Å². The normalized spacial score (nSPS) is 11.9. The van der Waals surface area contributed by atoms with Gasteiger partial charge in [0.2, 0.25) is 0 Å². The molecule has 3 heterocycles. The molecule has 5 heteroatoms. The van der Waals surface area contributed by atoms with Gasteiger partial charge in [-0.3, -0.25) is 0 Å². The van der Waals surface area contributed by atoms with Crippen LogP contribution < -0.4 is 4.74 Å². The summed E-state index contributed by atoms with van der Waals surface area (Å²) in [6, 6.07) is 18.8. The number of benzene rings is 2. The summed E-state index contributed by atoms with van der Waals surface area (Å²) < 4.78 is 28.0. The summed E-state index contributed by atoms with van der Waals surface area (Å²) in [5.74, 6) is 1.19. The molecule has 5 rings (SSSR count). The maximum atomic E-state index is 14.0. The van der Waals surface area contributed by atoms with Crippen molar-refractivity contribution < 1.29 is 13.9 Å². The number of para-hydroxylation sites is 1. The minimum atomic E-state index is -0.267. The van der Waals surface area contributed by atoms with Gasteiger partial charge in [0.1, 0.15) is 17.3 Å². The van der Waals surface area contributed by atoms with Crippen LogP contribution in [0.25, 0.3) is 21.6 Å². The van der Waals surface area contributed by atoms with E-state index in [0.29, 0.717) is 19.0 Å². The molecule has 2 aromatic heterocycles. The van der Waals surface area contributed by atoms with Gasteiger partial charge in [-0.15, -0.1) is 11.3 Å². The monoisotopic (exact) mass is 391 g/mol. The summed E-state index contributed by atoms with van der Waals surface area (Å²) >= 11 is 1.63. The van der Waals surface area contributed by atoms with Crippen molar-refractivity contribution in [1.29, 1.82) is 0 Å². The van der Waals surface area contributed by atoms with Crippen molar-refractivity contribution in [3.8, 4) is 33.1 Å². The van der Waals surface area contributed by atoms with E-state index >= 15 is 0 Å². The van der Waals surface area contributed by atoms with E-state index in [1.807, 2.05) is 48.8 Å². The molecule has 0 amide bonds. The molecule has 0 saturated carbocycles. The highest BCUT2D eigenvalue weighted by Gasteiger charge is 2.23. The fourth-order valence-electron chi connectivity index (χ4n) is 3.44. The summed E-state index contributed by atoms with van der Waals surface area (Å²) in [6.45, 7) is 2.00. The van der Waals surface area contributed by atoms with Gasteiger partial charge in [-0.1, -0.05) is 18.2 Å². The lowest BCUT2D eigenvalue weighted by Gasteiger charge is -2.09. The topological polar surface area (TPSA) is 23.4 Å². The van der Waals surface area contributed by atoms with Gasteiger partial charge < -0.3 is 14.0 Å². The standard InChI is InChI=1S/C23H18FNO2S/c24-16-7-8-22-20(13-16)23-19(18-5-1-2-6-21(18)27-22)14-17(28-23)15-26-12-11-25-9-3-4-10-25/h1-10,13-14H,11-12,15H2. The Morgan fingerprint density at radius 2 is 1.71 bits per heavy atom. The Morgan fingerprint density at radius 3 is 2.61 bits per heavy atom. The molecule has 0 aliphatic carbocycles. The molecule has 0 N–H and O–H groups in total. The molecule has 4 aromatic rings. The quantitative estimate of drug-likeness (QED) is 0.326. The average molecular weight is 391 g/mol. The van der Waals surface area contributed by atoms with Crippen LogP contribution in [0.2, 0.25) is 0 Å². The van der Waals surface area contributed by atoms with Crippen molar-refractivity contribution in [2.75, 3.05) is 6.61 Å². The summed E-state index contributed by atoms with van der Waals surface area (Å²) in [4.78, 5) is 2.13. The number of rotatable bonds is 5. The average Bonchev–Trinajstić information content (AvgIpc) is 3.35. The van der Waals surface area contributed by atoms with Crippen molar-refractivity contribution in [1.82, 2.24) is 4.57 Å². The molecule has 3 nitrogen and oxygen atoms in total. The molecule has 1 aliphatic rings. The molecule has 0 spiro atoms. The summed E-state index contributed by atoms with van der Waals surface area (Å²) in [5, 5.41) is 0. The first-order valence-corrected chi connectivity index (χ1v) is 9.98. The van der Waals surface area contributed by atoms with Crippen LogP contribution in [0.15, 0.2) is 73.1 Å². The van der Waals surface area contributed by atoms with Crippen LogP contribution in [0.3, 0.4) is 0 Å². The number of hydrogen-bond donors (Lipinski definition) is 0. The Kier molecular flexibility index (Phi) is 4.47. The van der Waals surface area contributed by atoms with E-state index in [2.05, 4.69) is 10.6 Å². The Labute approximate surface area is 166 Å². The largest absolute Gasteiger partial charge is 0.456 e. The predicted molar refractivity (Wildman–Crippen MR) is 109 cm³/mol. The molecule has 0 unspecified atom stereocenters. The number of nitrogens with zero attached hydrogens (tertiary/aromatic N) is 1. The van der Waals surface area contributed by atoms with Crippen LogP contribution >= 0.6 is 11.3 Å². The van der Waals surface area contributed by atoms with E-state index in [9.17, 15) is 4.39 Å². The zero-order valence-electron chi connectivity index (χ0n) is 15.1. The zero-order chi connectivity index (χ0) is 18.9. The van der Waals surface area contributed by atoms with Crippen LogP contribution in [0.5, 0.6) is 11.5 Å². The van der Waals surface area contributed by atoms with Crippen LogP contribution in [0, 0.1) is 5.82 Å². The van der Waals surface area contributed by atoms with Gasteiger partial charge in [0.15, 0.2) is 0 Å². The first-order chi connectivity index (χ1) is 13.8. The second-order valence-electron chi connectivity index (χ2n) is 6.67. The van der Waals surface area contributed by atoms with E-state index in [4.69, 9.17) is 9.47 Å². The summed E-state index contributed by atoms with van der Waals surface area (Å²) in [7, 11) is 0. The minimum Gasteiger partial charge on any atom is -0.456 e. The third-order valence-corrected chi connectivity index (χ3v) is 5.91. The first-order valence-electron chi connectivity index (χ1n) is 9.16. The molecule has 0 bridgehead atoms. The molecular weight excluding hydrogens is 373 g/mol. The van der Waals surface area contributed by atoms with E-state index in [1.165, 1.54) is 6.07 Å². The maximum Gasteiger partial charge on any atom is 0.136 e. The van der Waals surface area contributed by atoms with Gasteiger partial charge in [0.25, 0.3) is 0 Å². The number of ether oxygens (including phenoxy) is 2. The first kappa shape index (κ1) is 17.2. The highest BCUT2D eigenvalue weighted by Crippen LogP contribution is 2.50. The predicted octanol–water partition coefficient (Wildman–Crippen LogP) is 6.35. The second kappa shape index (κ2) is 7.26. The third kappa shape index (κ3) is 3.23. The minimum absolute atomic E-state index is 0.267. The molecule has 0 saturated heterocycles. The molecular formula is C23H18FNO2S. The third-order valence-electron chi connectivity index (χ3n) is 4.77. The Balaban J connectivity index is 1.46. The van der Waals surface area contributed by atoms with Gasteiger partial charge in [-0.25, -0.2) is 4.39 Å². The number of hydrogen-bond acceptors (Lipinski definition) is 3. The molecule has 0 fully saturated rings. The Morgan fingerprint density at radius 1 is 0.893 bits per heavy atom. The van der Waals surface area contributed by atoms with Crippen molar-refractivity contribution in [2.24, 2.45) is 0 Å². The van der Waals surface area contributed by atoms with E-state index < -0.39 is 0 Å². The fraction of sp³-hybridized carbons (Fsp3) is 0.130. The molecule has 0 atom stereocenters. The summed E-state index contributed by atoms with van der Waals surface area (Å²) in [6.07, 6.45) is 4.05. The Bertz CT molecular complexity index is 1120. The van der Waals surface area contributed by atoms with Crippen molar-refractivity contribution in [2.45, 2.75) is 13.2 Å². The highest BCUT2D eigenvalue weighted by atomic mass is 32.1. The van der Waals surface area contributed by atoms with Crippen LogP contribution in [-0.4, -0.2) is 11.2 Å². The zero-order valence-corrected chi connectivity index (χ0v) is 15.9. The van der Waals surface area contributed by atoms with Gasteiger partial charge in [0.05, 0.1) is 13.2 Å². The van der Waals surface area contributed by atoms with Crippen LogP contribution in [0.4, 0.5) is 4.39 Å². The van der Waals surface area contributed by atoms with Crippen molar-refractivity contribution in [3.63, 3.8) is 0 Å². The number of thiophene rings is 1. The van der Waals surface area contributed by atoms with Gasteiger partial charge in [0, 0.05) is 45.4 Å². The van der Waals surface area contributed by atoms with Crippen LogP contribution in [0.1, 0.15) is 4.88 Å². The lowest BCUT2D eigenvalue weighted by atomic mass is 10.0. The lowest BCUT2D eigenvalue weighted by molar-refractivity contribution is 0.115. The Hall–Kier alpha value is -2.89. The van der Waals surface area contributed by atoms with E-state index in [1.54, 1.807) is 23.5 Å². The van der Waals surface area contributed by atoms with Crippen molar-refractivity contribution in [3.05, 3.63) is 83.8 Å². The number of fused-ring (bicyclic) bond motifs is 5. The van der Waals surface area contributed by atoms with Gasteiger partial charge in [-0.2, -0.15) is 0 Å². The lowest BCUT2D eigenvalue weighted by Crippen LogP contribution is -2.03. The SMILES string of the molecule is Fc1ccc2c(c1)-c1sc(COCCn3cccc3)cc1-c1ccccc1O2. The maximum absolute atomic E-state index is 14.0. The number of aromatic nitrogens is 1. The molecule has 28 heavy (non-hydrogen) atoms. The molecule has 2 aromatic carbocycles. The highest BCUT2D eigenvalue weighted by molar-refractivity contribution is 7.16. The van der Waals surface area contributed by atoms with E-state index in [-0.39, 0.29) is 5.82 Å². The van der Waals surface area contributed by atoms with E-state index in [0.717, 1.165) is 38.7 Å². The van der Waals surface area contributed by atoms with Gasteiger partial charge >= 0.3 is 0 Å². The molecule has 140 valence electrons. The number of halogens is 1. The molecule has 0 radical (unpaired) electrons. The summed E-state index contributed by atoms with van der Waals surface area (Å²) in [5.41, 5.74) is 2.87. The van der Waals surface area contributed by atoms with Crippen LogP contribution in [-0.2, 0) is 17.9 Å². The molecule has 1 aliphatic heterocycles. The van der Waals surface area contributed by atoms with Gasteiger partial charge in [-0.05, 0) is 42.5 Å².